The summed E-state index contributed by atoms with van der Waals surface area (Å²) in [5.41, 5.74) is 0.0918. The number of halogens is 1. The van der Waals surface area contributed by atoms with Crippen LogP contribution in [0.4, 0.5) is 0 Å². The molecule has 2 N–H and O–H groups in total. The quantitative estimate of drug-likeness (QED) is 0.837. The number of likely N-dealkylation sites (N-methyl/N-ethyl adjacent to an activating group) is 1. The van der Waals surface area contributed by atoms with Crippen molar-refractivity contribution in [3.05, 3.63) is 28.8 Å². The Bertz CT molecular complexity index is 673. The molecule has 1 atom stereocenters. The summed E-state index contributed by atoms with van der Waals surface area (Å²) in [6.45, 7) is 2.16. The lowest BCUT2D eigenvalue weighted by Gasteiger charge is -2.32. The van der Waals surface area contributed by atoms with E-state index in [-0.39, 0.29) is 18.5 Å². The maximum Gasteiger partial charge on any atom is 0.258 e. The van der Waals surface area contributed by atoms with Crippen LogP contribution in [0.25, 0.3) is 0 Å². The fraction of sp³-hybridized carbons (Fsp3) is 0.579. The molecule has 0 aromatic heterocycles. The first-order valence-electron chi connectivity index (χ1n) is 8.95. The van der Waals surface area contributed by atoms with Crippen molar-refractivity contribution in [2.45, 2.75) is 51.0 Å². The second-order valence-corrected chi connectivity index (χ2v) is 7.76. The lowest BCUT2D eigenvalue weighted by atomic mass is 9.79. The van der Waals surface area contributed by atoms with E-state index >= 15 is 0 Å². The van der Waals surface area contributed by atoms with Crippen LogP contribution in [0.1, 0.15) is 44.1 Å². The maximum absolute atomic E-state index is 12.9. The van der Waals surface area contributed by atoms with Gasteiger partial charge in [0.1, 0.15) is 12.4 Å². The third-order valence-electron chi connectivity index (χ3n) is 5.38. The van der Waals surface area contributed by atoms with Gasteiger partial charge < -0.3 is 10.1 Å². The van der Waals surface area contributed by atoms with Gasteiger partial charge in [-0.3, -0.25) is 15.1 Å². The zero-order chi connectivity index (χ0) is 18.0. The number of amides is 1. The first kappa shape index (κ1) is 18.1. The Morgan fingerprint density at radius 2 is 2.08 bits per heavy atom. The van der Waals surface area contributed by atoms with E-state index in [9.17, 15) is 4.79 Å². The smallest absolute Gasteiger partial charge is 0.258 e. The molecule has 1 aromatic carbocycles. The van der Waals surface area contributed by atoms with Gasteiger partial charge in [-0.2, -0.15) is 0 Å². The number of carbonyl (C=O) groups excluding carboxylic acids is 1. The van der Waals surface area contributed by atoms with Gasteiger partial charge in [-0.15, -0.1) is 0 Å². The first-order chi connectivity index (χ1) is 11.9. The Balaban J connectivity index is 1.79. The summed E-state index contributed by atoms with van der Waals surface area (Å²) in [5.74, 6) is 1.30. The molecule has 1 aliphatic carbocycles. The van der Waals surface area contributed by atoms with Gasteiger partial charge >= 0.3 is 0 Å². The van der Waals surface area contributed by atoms with Gasteiger partial charge in [0.2, 0.25) is 0 Å². The summed E-state index contributed by atoms with van der Waals surface area (Å²) in [6, 6.07) is 5.47. The van der Waals surface area contributed by atoms with Crippen LogP contribution in [-0.2, 0) is 4.79 Å². The zero-order valence-electron chi connectivity index (χ0n) is 14.9. The Morgan fingerprint density at radius 1 is 1.36 bits per heavy atom. The van der Waals surface area contributed by atoms with Crippen LogP contribution in [0, 0.1) is 18.3 Å². The molecule has 0 bridgehead atoms. The number of benzene rings is 1. The van der Waals surface area contributed by atoms with Crippen molar-refractivity contribution >= 4 is 23.5 Å². The predicted molar refractivity (Wildman–Crippen MR) is 99.2 cm³/mol. The molecule has 1 unspecified atom stereocenters. The summed E-state index contributed by atoms with van der Waals surface area (Å²) in [5, 5.41) is 11.8. The van der Waals surface area contributed by atoms with Crippen LogP contribution in [-0.4, -0.2) is 36.0 Å². The average molecular weight is 364 g/mol. The Morgan fingerprint density at radius 3 is 2.68 bits per heavy atom. The van der Waals surface area contributed by atoms with Gasteiger partial charge in [0.05, 0.1) is 0 Å². The number of guanidine groups is 1. The number of nitrogens with zero attached hydrogens (tertiary/aromatic N) is 1. The highest BCUT2D eigenvalue weighted by Crippen LogP contribution is 2.34. The molecule has 0 spiro atoms. The molecule has 5 nitrogen and oxygen atoms in total. The van der Waals surface area contributed by atoms with Crippen molar-refractivity contribution in [1.29, 1.82) is 5.41 Å². The lowest BCUT2D eigenvalue weighted by Crippen LogP contribution is -2.53. The molecule has 3 rings (SSSR count). The highest BCUT2D eigenvalue weighted by Gasteiger charge is 2.50. The molecule has 1 saturated heterocycles. The van der Waals surface area contributed by atoms with E-state index in [2.05, 4.69) is 5.32 Å². The minimum Gasteiger partial charge on any atom is -0.490 e. The molecule has 1 saturated carbocycles. The molecule has 1 aromatic rings. The molecular weight excluding hydrogens is 338 g/mol. The van der Waals surface area contributed by atoms with Crippen LogP contribution in [0.3, 0.4) is 0 Å². The molecule has 0 radical (unpaired) electrons. The highest BCUT2D eigenvalue weighted by molar-refractivity contribution is 6.30. The van der Waals surface area contributed by atoms with Gasteiger partial charge in [0.15, 0.2) is 11.5 Å². The van der Waals surface area contributed by atoms with Crippen molar-refractivity contribution < 1.29 is 9.53 Å². The first-order valence-corrected chi connectivity index (χ1v) is 9.33. The number of nitrogens with one attached hydrogen (secondary N) is 2. The van der Waals surface area contributed by atoms with E-state index in [0.29, 0.717) is 17.4 Å². The van der Waals surface area contributed by atoms with Crippen molar-refractivity contribution in [1.82, 2.24) is 10.2 Å². The normalized spacial score (nSPS) is 24.5. The van der Waals surface area contributed by atoms with Crippen LogP contribution in [0.5, 0.6) is 5.75 Å². The van der Waals surface area contributed by atoms with E-state index in [0.717, 1.165) is 24.2 Å². The van der Waals surface area contributed by atoms with E-state index in [1.807, 2.05) is 19.1 Å². The number of rotatable bonds is 5. The van der Waals surface area contributed by atoms with Crippen LogP contribution >= 0.6 is 11.6 Å². The SMILES string of the molecule is Cc1cc(Cl)ccc1OCC1(CC2CCCCC2)NC(=N)N(C)C1=O. The Hall–Kier alpha value is -1.75. The number of hydrogen-bond donors (Lipinski definition) is 2. The van der Waals surface area contributed by atoms with Crippen LogP contribution in [0.15, 0.2) is 18.2 Å². The summed E-state index contributed by atoms with van der Waals surface area (Å²) < 4.78 is 6.02. The zero-order valence-corrected chi connectivity index (χ0v) is 15.7. The molecule has 2 aliphatic rings. The largest absolute Gasteiger partial charge is 0.490 e. The number of carbonyl (C=O) groups is 1. The third kappa shape index (κ3) is 3.76. The van der Waals surface area contributed by atoms with E-state index < -0.39 is 5.54 Å². The van der Waals surface area contributed by atoms with E-state index in [1.54, 1.807) is 13.1 Å². The van der Waals surface area contributed by atoms with Crippen molar-refractivity contribution in [3.8, 4) is 5.75 Å². The van der Waals surface area contributed by atoms with Crippen molar-refractivity contribution in [2.75, 3.05) is 13.7 Å². The van der Waals surface area contributed by atoms with Crippen molar-refractivity contribution in [3.63, 3.8) is 0 Å². The Kier molecular flexibility index (Phi) is 5.23. The number of aryl methyl sites for hydroxylation is 1. The molecule has 1 aliphatic heterocycles. The maximum atomic E-state index is 12.9. The van der Waals surface area contributed by atoms with E-state index in [4.69, 9.17) is 21.7 Å². The van der Waals surface area contributed by atoms with Gasteiger partial charge in [-0.25, -0.2) is 0 Å². The third-order valence-corrected chi connectivity index (χ3v) is 5.62. The van der Waals surface area contributed by atoms with E-state index in [1.165, 1.54) is 24.2 Å². The van der Waals surface area contributed by atoms with Gasteiger partial charge in [0, 0.05) is 12.1 Å². The summed E-state index contributed by atoms with van der Waals surface area (Å²) >= 11 is 6.00. The molecule has 1 amide bonds. The minimum atomic E-state index is -0.847. The fourth-order valence-corrected chi connectivity index (χ4v) is 4.17. The average Bonchev–Trinajstić information content (AvgIpc) is 2.79. The highest BCUT2D eigenvalue weighted by atomic mass is 35.5. The second kappa shape index (κ2) is 7.24. The van der Waals surface area contributed by atoms with Crippen molar-refractivity contribution in [2.24, 2.45) is 5.92 Å². The summed E-state index contributed by atoms with van der Waals surface area (Å²) in [4.78, 5) is 14.3. The topological polar surface area (TPSA) is 65.4 Å². The second-order valence-electron chi connectivity index (χ2n) is 7.33. The fourth-order valence-electron chi connectivity index (χ4n) is 3.94. The predicted octanol–water partition coefficient (Wildman–Crippen LogP) is 3.73. The lowest BCUT2D eigenvalue weighted by molar-refractivity contribution is -0.132. The molecule has 6 heteroatoms. The van der Waals surface area contributed by atoms with Gasteiger partial charge in [-0.05, 0) is 43.0 Å². The van der Waals surface area contributed by atoms with Gasteiger partial charge in [-0.1, -0.05) is 43.7 Å². The standard InChI is InChI=1S/C19H26ClN3O2/c1-13-10-15(20)8-9-16(13)25-12-19(11-14-6-4-3-5-7-14)17(24)23(2)18(21)22-19/h8-10,14H,3-7,11-12H2,1-2H3,(H2,21,22). The molecule has 2 fully saturated rings. The molecule has 1 heterocycles. The summed E-state index contributed by atoms with van der Waals surface area (Å²) in [6.07, 6.45) is 6.73. The molecule has 25 heavy (non-hydrogen) atoms. The minimum absolute atomic E-state index is 0.0744. The molecular formula is C19H26ClN3O2. The number of hydrogen-bond acceptors (Lipinski definition) is 3. The molecule has 136 valence electrons. The van der Waals surface area contributed by atoms with Gasteiger partial charge in [0.25, 0.3) is 5.91 Å². The number of ether oxygens (including phenoxy) is 1. The Labute approximate surface area is 154 Å². The summed E-state index contributed by atoms with van der Waals surface area (Å²) in [7, 11) is 1.65. The van der Waals surface area contributed by atoms with Crippen LogP contribution < -0.4 is 10.1 Å². The van der Waals surface area contributed by atoms with Crippen LogP contribution in [0.2, 0.25) is 5.02 Å². The monoisotopic (exact) mass is 363 g/mol.